The molecule has 11 heteroatoms. The number of nitrogens with two attached hydrogens (primary N) is 1. The second-order valence-corrected chi connectivity index (χ2v) is 9.72. The van der Waals surface area contributed by atoms with Crippen molar-refractivity contribution in [2.45, 2.75) is 19.5 Å². The van der Waals surface area contributed by atoms with Crippen LogP contribution in [0.2, 0.25) is 0 Å². The molecule has 3 aromatic heterocycles. The number of pyridine rings is 1. The van der Waals surface area contributed by atoms with Crippen LogP contribution >= 0.6 is 11.3 Å². The minimum atomic E-state index is -0.627. The van der Waals surface area contributed by atoms with Crippen molar-refractivity contribution in [3.05, 3.63) is 101 Å². The number of hydrogen-bond donors (Lipinski definition) is 3. The highest BCUT2D eigenvalue weighted by atomic mass is 32.1. The summed E-state index contributed by atoms with van der Waals surface area (Å²) in [5.74, 6) is -0.547. The van der Waals surface area contributed by atoms with Crippen LogP contribution in [0, 0.1) is 0 Å². The lowest BCUT2D eigenvalue weighted by Gasteiger charge is -2.32. The topological polar surface area (TPSA) is 151 Å². The summed E-state index contributed by atoms with van der Waals surface area (Å²) >= 11 is 1.30. The van der Waals surface area contributed by atoms with Crippen LogP contribution < -0.4 is 32.4 Å². The molecule has 4 heterocycles. The van der Waals surface area contributed by atoms with Crippen molar-refractivity contribution in [2.75, 3.05) is 17.2 Å². The summed E-state index contributed by atoms with van der Waals surface area (Å²) in [7, 11) is 0. The van der Waals surface area contributed by atoms with Gasteiger partial charge in [0.25, 0.3) is 22.3 Å². The lowest BCUT2D eigenvalue weighted by molar-refractivity contribution is 0.0940. The number of nitrogens with one attached hydrogen (secondary N) is 2. The van der Waals surface area contributed by atoms with Gasteiger partial charge in [-0.2, -0.15) is 0 Å². The number of nitrogens with zero attached hydrogens (tertiary/aromatic N) is 3. The van der Waals surface area contributed by atoms with Gasteiger partial charge in [0.2, 0.25) is 5.82 Å². The maximum absolute atomic E-state index is 12.8. The van der Waals surface area contributed by atoms with Gasteiger partial charge in [0, 0.05) is 43.0 Å². The quantitative estimate of drug-likeness (QED) is 0.301. The van der Waals surface area contributed by atoms with E-state index in [0.29, 0.717) is 35.4 Å². The zero-order valence-corrected chi connectivity index (χ0v) is 20.2. The lowest BCUT2D eigenvalue weighted by atomic mass is 9.96. The molecule has 10 nitrogen and oxygen atoms in total. The molecule has 1 amide bonds. The van der Waals surface area contributed by atoms with E-state index in [2.05, 4.69) is 20.3 Å². The molecule has 6 rings (SSSR count). The van der Waals surface area contributed by atoms with Crippen molar-refractivity contribution >= 4 is 38.8 Å². The van der Waals surface area contributed by atoms with Crippen molar-refractivity contribution in [1.82, 2.24) is 20.3 Å². The Hall–Kier alpha value is -4.64. The first-order valence-electron chi connectivity index (χ1n) is 11.5. The molecule has 0 unspecified atom stereocenters. The fourth-order valence-corrected chi connectivity index (χ4v) is 5.64. The number of hydrogen-bond acceptors (Lipinski definition) is 9. The molecule has 1 aliphatic rings. The molecule has 0 spiro atoms. The molecule has 0 aliphatic carbocycles. The van der Waals surface area contributed by atoms with Crippen molar-refractivity contribution in [3.63, 3.8) is 0 Å². The number of aromatic amines is 1. The monoisotopic (exact) mass is 512 g/mol. The number of rotatable bonds is 5. The first kappa shape index (κ1) is 22.8. The second-order valence-electron chi connectivity index (χ2n) is 8.86. The molecule has 1 aliphatic heterocycles. The molecule has 0 fully saturated rings. The smallest absolute Gasteiger partial charge is 0.287 e. The largest absolute Gasteiger partial charge is 0.394 e. The number of carbonyl (C=O) groups excluding carboxylic acids is 1. The molecule has 0 bridgehead atoms. The SMILES string of the molecule is Nc1c(N2CCc3ccc(CNC(=O)c4nc5scc(-c6ccncc6)c5c(=O)[nH]4)cc3C2)c(=O)c1=O. The van der Waals surface area contributed by atoms with Gasteiger partial charge in [0.1, 0.15) is 16.2 Å². The van der Waals surface area contributed by atoms with E-state index in [1.165, 1.54) is 11.3 Å². The summed E-state index contributed by atoms with van der Waals surface area (Å²) in [6.45, 7) is 1.28. The fourth-order valence-electron chi connectivity index (χ4n) is 4.69. The summed E-state index contributed by atoms with van der Waals surface area (Å²) in [5.41, 5.74) is 9.10. The van der Waals surface area contributed by atoms with E-state index in [9.17, 15) is 19.2 Å². The van der Waals surface area contributed by atoms with Crippen LogP contribution in [0.3, 0.4) is 0 Å². The van der Waals surface area contributed by atoms with Gasteiger partial charge in [-0.1, -0.05) is 18.2 Å². The standard InChI is InChI=1S/C26H20N6O4S/c27-19-20(22(34)21(19)33)32-8-5-14-2-1-13(9-16(14)11-32)10-29-25(36)23-30-24(35)18-17(12-37-26(18)31-23)15-3-6-28-7-4-15/h1-4,6-7,9,12H,5,8,10-11,27H2,(H,29,36)(H,30,31,35). The second kappa shape index (κ2) is 8.79. The Bertz CT molecular complexity index is 1820. The number of thiophene rings is 1. The van der Waals surface area contributed by atoms with Crippen LogP contribution in [0.25, 0.3) is 21.3 Å². The van der Waals surface area contributed by atoms with E-state index >= 15 is 0 Å². The van der Waals surface area contributed by atoms with Crippen LogP contribution in [0.15, 0.2) is 62.5 Å². The number of benzene rings is 1. The van der Waals surface area contributed by atoms with Crippen molar-refractivity contribution < 1.29 is 4.79 Å². The van der Waals surface area contributed by atoms with Crippen molar-refractivity contribution in [2.24, 2.45) is 0 Å². The van der Waals surface area contributed by atoms with E-state index in [4.69, 9.17) is 5.73 Å². The Balaban J connectivity index is 1.19. The number of nitrogen functional groups attached to an aromatic ring is 1. The first-order valence-corrected chi connectivity index (χ1v) is 12.4. The van der Waals surface area contributed by atoms with Gasteiger partial charge >= 0.3 is 0 Å². The third-order valence-electron chi connectivity index (χ3n) is 6.62. The number of fused-ring (bicyclic) bond motifs is 2. The van der Waals surface area contributed by atoms with E-state index in [0.717, 1.165) is 27.8 Å². The maximum atomic E-state index is 12.8. The molecule has 0 atom stereocenters. The molecule has 0 radical (unpaired) electrons. The van der Waals surface area contributed by atoms with Crippen LogP contribution in [0.1, 0.15) is 27.3 Å². The Morgan fingerprint density at radius 3 is 2.70 bits per heavy atom. The first-order chi connectivity index (χ1) is 17.9. The predicted molar refractivity (Wildman–Crippen MR) is 142 cm³/mol. The van der Waals surface area contributed by atoms with E-state index in [1.807, 2.05) is 40.6 Å². The normalized spacial score (nSPS) is 13.1. The van der Waals surface area contributed by atoms with Crippen LogP contribution in [0.5, 0.6) is 0 Å². The summed E-state index contributed by atoms with van der Waals surface area (Å²) in [5, 5.41) is 5.10. The Morgan fingerprint density at radius 1 is 1.11 bits per heavy atom. The highest BCUT2D eigenvalue weighted by molar-refractivity contribution is 7.17. The summed E-state index contributed by atoms with van der Waals surface area (Å²) in [6, 6.07) is 9.52. The fraction of sp³-hybridized carbons (Fsp3) is 0.154. The van der Waals surface area contributed by atoms with E-state index in [-0.39, 0.29) is 23.6 Å². The summed E-state index contributed by atoms with van der Waals surface area (Å²) in [4.78, 5) is 62.4. The van der Waals surface area contributed by atoms with Crippen LogP contribution in [-0.2, 0) is 19.5 Å². The number of carbonyl (C=O) groups is 1. The number of anilines is 2. The van der Waals surface area contributed by atoms with Gasteiger partial charge < -0.3 is 20.9 Å². The van der Waals surface area contributed by atoms with Gasteiger partial charge in [-0.05, 0) is 40.8 Å². The van der Waals surface area contributed by atoms with Gasteiger partial charge in [-0.25, -0.2) is 4.98 Å². The maximum Gasteiger partial charge on any atom is 0.287 e. The molecule has 0 saturated carbocycles. The third-order valence-corrected chi connectivity index (χ3v) is 7.50. The van der Waals surface area contributed by atoms with Crippen molar-refractivity contribution in [1.29, 1.82) is 0 Å². The molecule has 2 aromatic carbocycles. The van der Waals surface area contributed by atoms with Gasteiger partial charge in [0.15, 0.2) is 0 Å². The average Bonchev–Trinajstić information content (AvgIpc) is 3.36. The lowest BCUT2D eigenvalue weighted by Crippen LogP contribution is -2.44. The van der Waals surface area contributed by atoms with Gasteiger partial charge in [-0.15, -0.1) is 11.3 Å². The van der Waals surface area contributed by atoms with E-state index in [1.54, 1.807) is 12.4 Å². The number of aromatic nitrogens is 3. The van der Waals surface area contributed by atoms with Crippen molar-refractivity contribution in [3.8, 4) is 11.1 Å². The molecule has 5 aromatic rings. The van der Waals surface area contributed by atoms with Gasteiger partial charge in [-0.3, -0.25) is 24.2 Å². The predicted octanol–water partition coefficient (Wildman–Crippen LogP) is 1.72. The Morgan fingerprint density at radius 2 is 1.92 bits per heavy atom. The van der Waals surface area contributed by atoms with Crippen LogP contribution in [0.4, 0.5) is 11.4 Å². The third kappa shape index (κ3) is 3.89. The zero-order valence-electron chi connectivity index (χ0n) is 19.4. The van der Waals surface area contributed by atoms with E-state index < -0.39 is 16.8 Å². The average molecular weight is 513 g/mol. The molecule has 184 valence electrons. The molecule has 37 heavy (non-hydrogen) atoms. The number of H-pyrrole nitrogens is 1. The van der Waals surface area contributed by atoms with Gasteiger partial charge in [0.05, 0.1) is 5.39 Å². The minimum absolute atomic E-state index is 0.0222. The highest BCUT2D eigenvalue weighted by Gasteiger charge is 2.27. The Labute approximate surface area is 213 Å². The number of amides is 1. The molecular weight excluding hydrogens is 492 g/mol. The molecule has 0 saturated heterocycles. The summed E-state index contributed by atoms with van der Waals surface area (Å²) < 4.78 is 0. The minimum Gasteiger partial charge on any atom is -0.394 e. The molecule has 4 N–H and O–H groups in total. The summed E-state index contributed by atoms with van der Waals surface area (Å²) in [6.07, 6.45) is 4.02. The Kier molecular flexibility index (Phi) is 5.41. The zero-order chi connectivity index (χ0) is 25.7. The highest BCUT2D eigenvalue weighted by Crippen LogP contribution is 2.30. The van der Waals surface area contributed by atoms with Crippen LogP contribution in [-0.4, -0.2) is 27.4 Å². The molecular formula is C26H20N6O4S.